The number of carbonyl (C=O) groups excluding carboxylic acids is 2. The van der Waals surface area contributed by atoms with Crippen LogP contribution >= 0.6 is 24.0 Å². The number of benzene rings is 1. The molecule has 1 aliphatic carbocycles. The number of aromatic nitrogens is 1. The average Bonchev–Trinajstić information content (AvgIpc) is 3.51. The van der Waals surface area contributed by atoms with Crippen molar-refractivity contribution in [2.45, 2.75) is 25.4 Å². The molecular weight excluding hydrogens is 504 g/mol. The van der Waals surface area contributed by atoms with Crippen LogP contribution in [-0.2, 0) is 16.8 Å². The second kappa shape index (κ2) is 10.0. The predicted octanol–water partition coefficient (Wildman–Crippen LogP) is 2.54. The van der Waals surface area contributed by atoms with Gasteiger partial charge in [0.1, 0.15) is 16.3 Å². The molecule has 2 amide bonds. The first kappa shape index (κ1) is 26.8. The van der Waals surface area contributed by atoms with Crippen LogP contribution in [0, 0.1) is 11.7 Å². The molecule has 0 radical (unpaired) electrons. The Morgan fingerprint density at radius 1 is 1.37 bits per heavy atom. The maximum absolute atomic E-state index is 14.5. The molecule has 190 valence electrons. The van der Waals surface area contributed by atoms with Crippen LogP contribution in [0.3, 0.4) is 0 Å². The van der Waals surface area contributed by atoms with Gasteiger partial charge in [0.05, 0.1) is 19.3 Å². The Kier molecular flexibility index (Phi) is 7.68. The van der Waals surface area contributed by atoms with Crippen molar-refractivity contribution < 1.29 is 28.6 Å². The van der Waals surface area contributed by atoms with Crippen molar-refractivity contribution in [2.24, 2.45) is 5.92 Å². The van der Waals surface area contributed by atoms with Crippen molar-refractivity contribution in [3.05, 3.63) is 56.2 Å². The fraction of sp³-hybridized carbons (Fsp3) is 0.435. The summed E-state index contributed by atoms with van der Waals surface area (Å²) in [5, 5.41) is 12.9. The lowest BCUT2D eigenvalue weighted by Crippen LogP contribution is -2.48. The largest absolute Gasteiger partial charge is 0.503 e. The van der Waals surface area contributed by atoms with Crippen LogP contribution < -0.4 is 15.5 Å². The average molecular weight is 530 g/mol. The zero-order chi connectivity index (χ0) is 24.8. The summed E-state index contributed by atoms with van der Waals surface area (Å²) in [6.45, 7) is 2.96. The van der Waals surface area contributed by atoms with Crippen LogP contribution in [0.25, 0.3) is 0 Å². The van der Waals surface area contributed by atoms with E-state index in [0.717, 1.165) is 0 Å². The highest BCUT2D eigenvalue weighted by atomic mass is 35.5. The molecule has 1 aliphatic heterocycles. The fourth-order valence-corrected chi connectivity index (χ4v) is 4.79. The van der Waals surface area contributed by atoms with Gasteiger partial charge in [0, 0.05) is 44.4 Å². The SMILES string of the molecule is CCOC[C@@H]1C[C@]12CN(C)C(=O)c1c(O)c(=O)c(C(=O)NCc3ccc(OC)c(Cl)c3F)cn12.Cl. The van der Waals surface area contributed by atoms with Crippen molar-refractivity contribution in [2.75, 3.05) is 33.9 Å². The van der Waals surface area contributed by atoms with Gasteiger partial charge in [-0.2, -0.15) is 0 Å². The maximum atomic E-state index is 14.5. The number of methoxy groups -OCH3 is 1. The molecule has 1 aromatic carbocycles. The van der Waals surface area contributed by atoms with Crippen molar-refractivity contribution >= 4 is 35.8 Å². The van der Waals surface area contributed by atoms with Crippen LogP contribution in [0.5, 0.6) is 11.5 Å². The van der Waals surface area contributed by atoms with Crippen molar-refractivity contribution in [3.8, 4) is 11.5 Å². The molecule has 0 bridgehead atoms. The fourth-order valence-electron chi connectivity index (χ4n) is 4.53. The predicted molar refractivity (Wildman–Crippen MR) is 128 cm³/mol. The highest BCUT2D eigenvalue weighted by Gasteiger charge is 2.60. The molecule has 0 saturated heterocycles. The summed E-state index contributed by atoms with van der Waals surface area (Å²) in [5.74, 6) is -2.66. The number of carbonyl (C=O) groups is 2. The quantitative estimate of drug-likeness (QED) is 0.570. The van der Waals surface area contributed by atoms with E-state index in [1.165, 1.54) is 34.9 Å². The van der Waals surface area contributed by atoms with Crippen LogP contribution in [0.1, 0.15) is 39.8 Å². The molecule has 1 spiro atoms. The van der Waals surface area contributed by atoms with E-state index < -0.39 is 34.3 Å². The van der Waals surface area contributed by atoms with Crippen molar-refractivity contribution in [3.63, 3.8) is 0 Å². The van der Waals surface area contributed by atoms with Crippen LogP contribution in [-0.4, -0.2) is 60.3 Å². The molecule has 2 N–H and O–H groups in total. The van der Waals surface area contributed by atoms with E-state index in [2.05, 4.69) is 5.32 Å². The first-order chi connectivity index (χ1) is 16.2. The molecule has 35 heavy (non-hydrogen) atoms. The summed E-state index contributed by atoms with van der Waals surface area (Å²) in [5.41, 5.74) is -1.96. The zero-order valence-electron chi connectivity index (χ0n) is 19.4. The molecule has 2 aliphatic rings. The summed E-state index contributed by atoms with van der Waals surface area (Å²) < 4.78 is 26.5. The lowest BCUT2D eigenvalue weighted by molar-refractivity contribution is 0.0650. The van der Waals surface area contributed by atoms with Crippen LogP contribution in [0.2, 0.25) is 5.02 Å². The minimum absolute atomic E-state index is 0. The minimum atomic E-state index is -0.974. The van der Waals surface area contributed by atoms with E-state index in [1.54, 1.807) is 7.05 Å². The Hall–Kier alpha value is -2.82. The molecule has 9 nitrogen and oxygen atoms in total. The van der Waals surface area contributed by atoms with E-state index in [9.17, 15) is 23.9 Å². The van der Waals surface area contributed by atoms with E-state index in [4.69, 9.17) is 21.1 Å². The first-order valence-corrected chi connectivity index (χ1v) is 11.1. The number of aromatic hydroxyl groups is 1. The topological polar surface area (TPSA) is 110 Å². The lowest BCUT2D eigenvalue weighted by Gasteiger charge is -2.35. The summed E-state index contributed by atoms with van der Waals surface area (Å²) in [6, 6.07) is 2.87. The first-order valence-electron chi connectivity index (χ1n) is 10.8. The van der Waals surface area contributed by atoms with Gasteiger partial charge in [-0.15, -0.1) is 12.4 Å². The number of likely N-dealkylation sites (N-methyl/N-ethyl adjacent to an activating group) is 1. The minimum Gasteiger partial charge on any atom is -0.503 e. The van der Waals surface area contributed by atoms with Crippen LogP contribution in [0.15, 0.2) is 23.1 Å². The Balaban J connectivity index is 0.00000342. The summed E-state index contributed by atoms with van der Waals surface area (Å²) >= 11 is 5.92. The van der Waals surface area contributed by atoms with Gasteiger partial charge in [0.25, 0.3) is 11.8 Å². The molecule has 1 saturated carbocycles. The van der Waals surface area contributed by atoms with Gasteiger partial charge >= 0.3 is 0 Å². The van der Waals surface area contributed by atoms with Crippen molar-refractivity contribution in [1.29, 1.82) is 0 Å². The maximum Gasteiger partial charge on any atom is 0.274 e. The third-order valence-corrected chi connectivity index (χ3v) is 6.83. The molecule has 2 atom stereocenters. The molecule has 2 aromatic rings. The molecule has 4 rings (SSSR count). The van der Waals surface area contributed by atoms with Crippen LogP contribution in [0.4, 0.5) is 4.39 Å². The number of amides is 2. The highest BCUT2D eigenvalue weighted by molar-refractivity contribution is 6.32. The smallest absolute Gasteiger partial charge is 0.274 e. The number of hydrogen-bond acceptors (Lipinski definition) is 6. The van der Waals surface area contributed by atoms with E-state index in [0.29, 0.717) is 26.2 Å². The van der Waals surface area contributed by atoms with Gasteiger partial charge in [-0.25, -0.2) is 4.39 Å². The lowest BCUT2D eigenvalue weighted by atomic mass is 10.0. The molecular formula is C23H26Cl2FN3O6. The van der Waals surface area contributed by atoms with E-state index in [-0.39, 0.29) is 52.5 Å². The number of pyridine rings is 1. The standard InChI is InChI=1S/C23H25ClFN3O6.ClH/c1-4-34-10-13-7-23(13)11-27(2)22(32)18-20(30)19(29)14(9-28(18)23)21(31)26-8-12-5-6-15(33-3)16(24)17(12)25;/h5-6,9,13,30H,4,7-8,10-11H2,1-3H3,(H,26,31);1H/t13-,23-;/m0./s1. The summed E-state index contributed by atoms with van der Waals surface area (Å²) in [6.07, 6.45) is 1.97. The Morgan fingerprint density at radius 2 is 2.09 bits per heavy atom. The van der Waals surface area contributed by atoms with Gasteiger partial charge < -0.3 is 29.4 Å². The summed E-state index contributed by atoms with van der Waals surface area (Å²) in [4.78, 5) is 39.9. The normalized spacial score (nSPS) is 20.3. The molecule has 12 heteroatoms. The second-order valence-corrected chi connectivity index (χ2v) is 8.88. The van der Waals surface area contributed by atoms with E-state index in [1.807, 2.05) is 6.92 Å². The van der Waals surface area contributed by atoms with Gasteiger partial charge in [-0.3, -0.25) is 14.4 Å². The third kappa shape index (κ3) is 4.46. The van der Waals surface area contributed by atoms with Gasteiger partial charge in [-0.1, -0.05) is 17.7 Å². The highest BCUT2D eigenvalue weighted by Crippen LogP contribution is 2.53. The Labute approximate surface area is 212 Å². The molecule has 2 heterocycles. The molecule has 1 fully saturated rings. The summed E-state index contributed by atoms with van der Waals surface area (Å²) in [7, 11) is 2.95. The van der Waals surface area contributed by atoms with Gasteiger partial charge in [-0.05, 0) is 19.4 Å². The van der Waals surface area contributed by atoms with Gasteiger partial charge in [0.15, 0.2) is 17.3 Å². The third-order valence-electron chi connectivity index (χ3n) is 6.48. The molecule has 0 unspecified atom stereocenters. The zero-order valence-corrected chi connectivity index (χ0v) is 21.0. The van der Waals surface area contributed by atoms with Gasteiger partial charge in [0.2, 0.25) is 5.43 Å². The van der Waals surface area contributed by atoms with E-state index >= 15 is 0 Å². The Morgan fingerprint density at radius 3 is 2.74 bits per heavy atom. The number of hydrogen-bond donors (Lipinski definition) is 2. The Bertz CT molecular complexity index is 1240. The number of ether oxygens (including phenoxy) is 2. The molecule has 1 aromatic heterocycles. The number of fused-ring (bicyclic) bond motifs is 2. The monoisotopic (exact) mass is 529 g/mol. The van der Waals surface area contributed by atoms with Crippen molar-refractivity contribution in [1.82, 2.24) is 14.8 Å². The number of rotatable bonds is 7. The number of halogens is 3. The number of nitrogens with one attached hydrogen (secondary N) is 1. The number of nitrogens with zero attached hydrogens (tertiary/aromatic N) is 2. The second-order valence-electron chi connectivity index (χ2n) is 8.50.